The van der Waals surface area contributed by atoms with Gasteiger partial charge in [0.2, 0.25) is 0 Å². The van der Waals surface area contributed by atoms with Gasteiger partial charge in [-0.1, -0.05) is 12.1 Å². The lowest BCUT2D eigenvalue weighted by Crippen LogP contribution is -2.35. The number of amides is 2. The van der Waals surface area contributed by atoms with Gasteiger partial charge in [0.1, 0.15) is 17.2 Å². The molecule has 0 bridgehead atoms. The Balaban J connectivity index is 1.93. The Bertz CT molecular complexity index is 787. The first kappa shape index (κ1) is 20.1. The van der Waals surface area contributed by atoms with Crippen LogP contribution in [0.5, 0.6) is 17.2 Å². The van der Waals surface area contributed by atoms with E-state index in [1.807, 2.05) is 38.1 Å². The molecule has 0 aliphatic rings. The number of benzene rings is 2. The van der Waals surface area contributed by atoms with E-state index in [1.165, 1.54) is 14.2 Å². The fourth-order valence-electron chi connectivity index (χ4n) is 2.31. The zero-order chi connectivity index (χ0) is 19.8. The minimum absolute atomic E-state index is 0.0906. The van der Waals surface area contributed by atoms with E-state index in [9.17, 15) is 9.59 Å². The Hall–Kier alpha value is -3.22. The third-order valence-corrected chi connectivity index (χ3v) is 3.61. The fraction of sp³-hybridized carbons (Fsp3) is 0.300. The highest BCUT2D eigenvalue weighted by Crippen LogP contribution is 2.28. The first-order valence-corrected chi connectivity index (χ1v) is 8.49. The van der Waals surface area contributed by atoms with Crippen molar-refractivity contribution in [3.05, 3.63) is 48.0 Å². The maximum atomic E-state index is 12.1. The average molecular weight is 372 g/mol. The van der Waals surface area contributed by atoms with Crippen LogP contribution < -0.4 is 24.8 Å². The summed E-state index contributed by atoms with van der Waals surface area (Å²) in [5.41, 5.74) is 1.21. The second kappa shape index (κ2) is 9.47. The molecule has 27 heavy (non-hydrogen) atoms. The Morgan fingerprint density at radius 2 is 1.59 bits per heavy atom. The average Bonchev–Trinajstić information content (AvgIpc) is 2.66. The van der Waals surface area contributed by atoms with Gasteiger partial charge < -0.3 is 24.8 Å². The molecule has 2 amide bonds. The van der Waals surface area contributed by atoms with E-state index in [0.717, 1.165) is 11.3 Å². The highest BCUT2D eigenvalue weighted by Gasteiger charge is 2.16. The van der Waals surface area contributed by atoms with Crippen molar-refractivity contribution in [2.45, 2.75) is 26.5 Å². The largest absolute Gasteiger partial charge is 0.497 e. The first-order valence-electron chi connectivity index (χ1n) is 8.49. The van der Waals surface area contributed by atoms with Crippen molar-refractivity contribution in [1.29, 1.82) is 0 Å². The van der Waals surface area contributed by atoms with E-state index in [1.54, 1.807) is 18.2 Å². The van der Waals surface area contributed by atoms with Crippen molar-refractivity contribution in [3.8, 4) is 17.2 Å². The van der Waals surface area contributed by atoms with E-state index in [2.05, 4.69) is 10.6 Å². The highest BCUT2D eigenvalue weighted by atomic mass is 16.5. The van der Waals surface area contributed by atoms with Gasteiger partial charge in [0.25, 0.3) is 0 Å². The van der Waals surface area contributed by atoms with Crippen LogP contribution in [0.15, 0.2) is 42.5 Å². The SMILES string of the molecule is COc1ccc(OC)c(NC(=O)C(=O)NCc2ccc(OC(C)C)cc2)c1. The van der Waals surface area contributed by atoms with Crippen LogP contribution in [0.1, 0.15) is 19.4 Å². The van der Waals surface area contributed by atoms with E-state index < -0.39 is 11.8 Å². The number of hydrogen-bond donors (Lipinski definition) is 2. The van der Waals surface area contributed by atoms with Crippen molar-refractivity contribution >= 4 is 17.5 Å². The van der Waals surface area contributed by atoms with Crippen LogP contribution >= 0.6 is 0 Å². The summed E-state index contributed by atoms with van der Waals surface area (Å²) < 4.78 is 15.9. The molecule has 2 aromatic rings. The van der Waals surface area contributed by atoms with Crippen LogP contribution in [0.2, 0.25) is 0 Å². The van der Waals surface area contributed by atoms with Crippen LogP contribution in [0.25, 0.3) is 0 Å². The minimum Gasteiger partial charge on any atom is -0.497 e. The second-order valence-electron chi connectivity index (χ2n) is 6.01. The molecule has 0 heterocycles. The molecule has 0 atom stereocenters. The first-order chi connectivity index (χ1) is 12.9. The molecule has 0 aromatic heterocycles. The van der Waals surface area contributed by atoms with Gasteiger partial charge in [-0.15, -0.1) is 0 Å². The Morgan fingerprint density at radius 3 is 2.19 bits per heavy atom. The second-order valence-corrected chi connectivity index (χ2v) is 6.01. The lowest BCUT2D eigenvalue weighted by atomic mass is 10.2. The topological polar surface area (TPSA) is 85.9 Å². The molecule has 2 aromatic carbocycles. The van der Waals surface area contributed by atoms with Crippen molar-refractivity contribution in [2.24, 2.45) is 0 Å². The molecule has 0 saturated carbocycles. The summed E-state index contributed by atoms with van der Waals surface area (Å²) in [4.78, 5) is 24.2. The molecule has 2 rings (SSSR count). The summed E-state index contributed by atoms with van der Waals surface area (Å²) in [6.45, 7) is 4.12. The third-order valence-electron chi connectivity index (χ3n) is 3.61. The van der Waals surface area contributed by atoms with Crippen LogP contribution in [0.4, 0.5) is 5.69 Å². The zero-order valence-electron chi connectivity index (χ0n) is 15.9. The molecular formula is C20H24N2O5. The summed E-state index contributed by atoms with van der Waals surface area (Å²) in [6.07, 6.45) is 0.0906. The lowest BCUT2D eigenvalue weighted by molar-refractivity contribution is -0.136. The van der Waals surface area contributed by atoms with Gasteiger partial charge in [-0.2, -0.15) is 0 Å². The molecule has 7 nitrogen and oxygen atoms in total. The van der Waals surface area contributed by atoms with Crippen molar-refractivity contribution < 1.29 is 23.8 Å². The standard InChI is InChI=1S/C20H24N2O5/c1-13(2)27-15-7-5-14(6-8-15)12-21-19(23)20(24)22-17-11-16(25-3)9-10-18(17)26-4/h5-11,13H,12H2,1-4H3,(H,21,23)(H,22,24). The molecule has 0 radical (unpaired) electrons. The molecule has 0 aliphatic heterocycles. The number of methoxy groups -OCH3 is 2. The molecule has 0 saturated heterocycles. The third kappa shape index (κ3) is 5.91. The Morgan fingerprint density at radius 1 is 0.926 bits per heavy atom. The summed E-state index contributed by atoms with van der Waals surface area (Å²) in [5.74, 6) is 0.180. The van der Waals surface area contributed by atoms with Crippen molar-refractivity contribution in [1.82, 2.24) is 5.32 Å². The maximum absolute atomic E-state index is 12.1. The van der Waals surface area contributed by atoms with Gasteiger partial charge in [-0.25, -0.2) is 0 Å². The smallest absolute Gasteiger partial charge is 0.313 e. The predicted molar refractivity (Wildman–Crippen MR) is 102 cm³/mol. The summed E-state index contributed by atoms with van der Waals surface area (Å²) >= 11 is 0. The molecule has 144 valence electrons. The molecular weight excluding hydrogens is 348 g/mol. The van der Waals surface area contributed by atoms with E-state index in [-0.39, 0.29) is 12.6 Å². The van der Waals surface area contributed by atoms with E-state index in [4.69, 9.17) is 14.2 Å². The van der Waals surface area contributed by atoms with E-state index >= 15 is 0 Å². The fourth-order valence-corrected chi connectivity index (χ4v) is 2.31. The monoisotopic (exact) mass is 372 g/mol. The van der Waals surface area contributed by atoms with Crippen LogP contribution in [-0.4, -0.2) is 32.1 Å². The predicted octanol–water partition coefficient (Wildman–Crippen LogP) is 2.75. The molecule has 2 N–H and O–H groups in total. The van der Waals surface area contributed by atoms with Gasteiger partial charge >= 0.3 is 11.8 Å². The maximum Gasteiger partial charge on any atom is 0.313 e. The van der Waals surface area contributed by atoms with E-state index in [0.29, 0.717) is 17.2 Å². The van der Waals surface area contributed by atoms with Crippen LogP contribution in [-0.2, 0) is 16.1 Å². The van der Waals surface area contributed by atoms with Gasteiger partial charge in [0, 0.05) is 12.6 Å². The summed E-state index contributed by atoms with van der Waals surface area (Å²) in [7, 11) is 2.99. The number of carbonyl (C=O) groups is 2. The Kier molecular flexibility index (Phi) is 7.05. The molecule has 0 aliphatic carbocycles. The minimum atomic E-state index is -0.790. The number of hydrogen-bond acceptors (Lipinski definition) is 5. The quantitative estimate of drug-likeness (QED) is 0.730. The molecule has 0 fully saturated rings. The lowest BCUT2D eigenvalue weighted by Gasteiger charge is -2.12. The van der Waals surface area contributed by atoms with Gasteiger partial charge in [-0.05, 0) is 43.7 Å². The van der Waals surface area contributed by atoms with Gasteiger partial charge in [0.05, 0.1) is 26.0 Å². The number of carbonyl (C=O) groups excluding carboxylic acids is 2. The highest BCUT2D eigenvalue weighted by molar-refractivity contribution is 6.39. The normalized spacial score (nSPS) is 10.3. The van der Waals surface area contributed by atoms with Crippen LogP contribution in [0, 0.1) is 0 Å². The molecule has 0 spiro atoms. The number of nitrogens with one attached hydrogen (secondary N) is 2. The number of ether oxygens (including phenoxy) is 3. The number of anilines is 1. The van der Waals surface area contributed by atoms with Crippen LogP contribution in [0.3, 0.4) is 0 Å². The summed E-state index contributed by atoms with van der Waals surface area (Å²) in [5, 5.41) is 5.11. The van der Waals surface area contributed by atoms with Gasteiger partial charge in [-0.3, -0.25) is 9.59 Å². The summed E-state index contributed by atoms with van der Waals surface area (Å²) in [6, 6.07) is 12.2. The molecule has 0 unspecified atom stereocenters. The molecule has 7 heteroatoms. The zero-order valence-corrected chi connectivity index (χ0v) is 15.9. The van der Waals surface area contributed by atoms with Gasteiger partial charge in [0.15, 0.2) is 0 Å². The number of rotatable bonds is 7. The van der Waals surface area contributed by atoms with Crippen molar-refractivity contribution in [2.75, 3.05) is 19.5 Å². The van der Waals surface area contributed by atoms with Crippen molar-refractivity contribution in [3.63, 3.8) is 0 Å². The Labute approximate surface area is 158 Å².